The molecule has 1 N–H and O–H groups in total. The Morgan fingerprint density at radius 3 is 2.42 bits per heavy atom. The maximum absolute atomic E-state index is 13.0. The topological polar surface area (TPSA) is 65.4 Å². The Morgan fingerprint density at radius 1 is 1.16 bits per heavy atom. The van der Waals surface area contributed by atoms with Crippen molar-refractivity contribution in [3.63, 3.8) is 0 Å². The summed E-state index contributed by atoms with van der Waals surface area (Å²) >= 11 is 0. The molecule has 6 heteroatoms. The maximum atomic E-state index is 13.0. The molecule has 0 saturated carbocycles. The Balaban J connectivity index is 1.98. The van der Waals surface area contributed by atoms with Gasteiger partial charge in [-0.3, -0.25) is 4.90 Å². The molecule has 1 aliphatic heterocycles. The molecule has 0 radical (unpaired) electrons. The molecule has 1 fully saturated rings. The van der Waals surface area contributed by atoms with E-state index in [0.717, 1.165) is 30.9 Å². The lowest BCUT2D eigenvalue weighted by Crippen LogP contribution is -2.39. The number of anilines is 1. The molecular formula is C25H33N3O2Si. The molecule has 0 aliphatic carbocycles. The van der Waals surface area contributed by atoms with E-state index in [1.807, 2.05) is 19.1 Å². The summed E-state index contributed by atoms with van der Waals surface area (Å²) in [5, 5.41) is 13.7. The molecule has 1 atom stereocenters. The van der Waals surface area contributed by atoms with E-state index < -0.39 is 14.1 Å². The van der Waals surface area contributed by atoms with Gasteiger partial charge in [-0.25, -0.2) is 4.79 Å². The fraction of sp³-hybridized carbons (Fsp3) is 0.440. The van der Waals surface area contributed by atoms with Gasteiger partial charge in [0.2, 0.25) is 0 Å². The van der Waals surface area contributed by atoms with Crippen LogP contribution in [0.3, 0.4) is 0 Å². The third-order valence-corrected chi connectivity index (χ3v) is 7.69. The molecule has 2 aromatic carbocycles. The van der Waals surface area contributed by atoms with Gasteiger partial charge in [0.1, 0.15) is 0 Å². The van der Waals surface area contributed by atoms with Gasteiger partial charge in [-0.2, -0.15) is 5.26 Å². The van der Waals surface area contributed by atoms with Crippen LogP contribution in [0.25, 0.3) is 0 Å². The number of nitriles is 1. The second-order valence-electron chi connectivity index (χ2n) is 9.22. The SMILES string of the molecule is CCOC(=O)C(Nc1ccc(C#N)cc1)c1cc(CN2CCCC2)cc([Si](C)(C)C)c1. The zero-order valence-electron chi connectivity index (χ0n) is 19.1. The molecule has 3 rings (SSSR count). The van der Waals surface area contributed by atoms with Crippen LogP contribution in [0.2, 0.25) is 19.6 Å². The van der Waals surface area contributed by atoms with E-state index in [1.54, 1.807) is 12.1 Å². The molecule has 0 spiro atoms. The Bertz CT molecular complexity index is 939. The Kier molecular flexibility index (Phi) is 7.53. The second kappa shape index (κ2) is 10.1. The van der Waals surface area contributed by atoms with E-state index in [2.05, 4.69) is 54.1 Å². The predicted octanol–water partition coefficient (Wildman–Crippen LogP) is 4.42. The van der Waals surface area contributed by atoms with Gasteiger partial charge in [-0.05, 0) is 68.2 Å². The minimum Gasteiger partial charge on any atom is -0.464 e. The Hall–Kier alpha value is -2.62. The van der Waals surface area contributed by atoms with Crippen molar-refractivity contribution >= 4 is 24.9 Å². The Labute approximate surface area is 187 Å². The molecule has 164 valence electrons. The van der Waals surface area contributed by atoms with E-state index in [4.69, 9.17) is 10.00 Å². The third kappa shape index (κ3) is 6.19. The second-order valence-corrected chi connectivity index (χ2v) is 14.3. The van der Waals surface area contributed by atoms with E-state index in [9.17, 15) is 4.79 Å². The summed E-state index contributed by atoms with van der Waals surface area (Å²) in [6.07, 6.45) is 2.51. The first-order chi connectivity index (χ1) is 14.8. The number of rotatable bonds is 8. The lowest BCUT2D eigenvalue weighted by molar-refractivity contribution is -0.144. The summed E-state index contributed by atoms with van der Waals surface area (Å²) in [6.45, 7) is 12.3. The van der Waals surface area contributed by atoms with Crippen LogP contribution in [-0.4, -0.2) is 38.6 Å². The normalized spacial score (nSPS) is 15.3. The average molecular weight is 436 g/mol. The molecular weight excluding hydrogens is 402 g/mol. The number of ether oxygens (including phenoxy) is 1. The number of carbonyl (C=O) groups is 1. The third-order valence-electron chi connectivity index (χ3n) is 5.67. The van der Waals surface area contributed by atoms with E-state index in [1.165, 1.54) is 23.6 Å². The molecule has 0 amide bonds. The summed E-state index contributed by atoms with van der Waals surface area (Å²) in [7, 11) is -1.59. The fourth-order valence-electron chi connectivity index (χ4n) is 3.92. The van der Waals surface area contributed by atoms with Gasteiger partial charge in [0.25, 0.3) is 0 Å². The summed E-state index contributed by atoms with van der Waals surface area (Å²) in [6, 6.07) is 15.4. The first-order valence-corrected chi connectivity index (χ1v) is 14.6. The molecule has 1 saturated heterocycles. The first kappa shape index (κ1) is 23.0. The van der Waals surface area contributed by atoms with Crippen molar-refractivity contribution in [2.75, 3.05) is 25.0 Å². The molecule has 2 aromatic rings. The average Bonchev–Trinajstić information content (AvgIpc) is 3.24. The highest BCUT2D eigenvalue weighted by Gasteiger charge is 2.26. The highest BCUT2D eigenvalue weighted by Crippen LogP contribution is 2.24. The lowest BCUT2D eigenvalue weighted by atomic mass is 10.0. The van der Waals surface area contributed by atoms with Crippen LogP contribution in [0.15, 0.2) is 42.5 Å². The van der Waals surface area contributed by atoms with Gasteiger partial charge in [-0.1, -0.05) is 43.0 Å². The van der Waals surface area contributed by atoms with Crippen LogP contribution in [0.4, 0.5) is 5.69 Å². The van der Waals surface area contributed by atoms with Gasteiger partial charge < -0.3 is 10.1 Å². The molecule has 1 heterocycles. The minimum atomic E-state index is -1.59. The van der Waals surface area contributed by atoms with E-state index in [-0.39, 0.29) is 5.97 Å². The van der Waals surface area contributed by atoms with Crippen LogP contribution in [0.1, 0.15) is 42.5 Å². The zero-order chi connectivity index (χ0) is 22.4. The number of carbonyl (C=O) groups excluding carboxylic acids is 1. The molecule has 1 unspecified atom stereocenters. The van der Waals surface area contributed by atoms with Gasteiger partial charge >= 0.3 is 5.97 Å². The summed E-state index contributed by atoms with van der Waals surface area (Å²) in [5.74, 6) is -0.285. The highest BCUT2D eigenvalue weighted by atomic mass is 28.3. The quantitative estimate of drug-likeness (QED) is 0.491. The predicted molar refractivity (Wildman–Crippen MR) is 128 cm³/mol. The summed E-state index contributed by atoms with van der Waals surface area (Å²) in [5.41, 5.74) is 3.58. The van der Waals surface area contributed by atoms with Crippen molar-refractivity contribution < 1.29 is 9.53 Å². The summed E-state index contributed by atoms with van der Waals surface area (Å²) in [4.78, 5) is 15.4. The standard InChI is InChI=1S/C25H33N3O2Si/c1-5-30-25(29)24(27-22-10-8-19(17-26)9-11-22)21-14-20(18-28-12-6-7-13-28)15-23(16-21)31(2,3)4/h8-11,14-16,24,27H,5-7,12-13,18H2,1-4H3. The van der Waals surface area contributed by atoms with Crippen LogP contribution in [-0.2, 0) is 16.1 Å². The number of likely N-dealkylation sites (tertiary alicyclic amines) is 1. The number of benzene rings is 2. The molecule has 1 aliphatic rings. The number of hydrogen-bond acceptors (Lipinski definition) is 5. The zero-order valence-corrected chi connectivity index (χ0v) is 20.1. The van der Waals surface area contributed by atoms with Crippen molar-refractivity contribution in [1.29, 1.82) is 5.26 Å². The van der Waals surface area contributed by atoms with E-state index >= 15 is 0 Å². The van der Waals surface area contributed by atoms with Gasteiger partial charge in [-0.15, -0.1) is 0 Å². The molecule has 31 heavy (non-hydrogen) atoms. The number of esters is 1. The molecule has 0 bridgehead atoms. The fourth-order valence-corrected chi connectivity index (χ4v) is 5.14. The summed E-state index contributed by atoms with van der Waals surface area (Å²) < 4.78 is 5.42. The van der Waals surface area contributed by atoms with Gasteiger partial charge in [0.15, 0.2) is 6.04 Å². The number of nitrogens with zero attached hydrogens (tertiary/aromatic N) is 2. The largest absolute Gasteiger partial charge is 0.464 e. The van der Waals surface area contributed by atoms with E-state index in [0.29, 0.717) is 12.2 Å². The van der Waals surface area contributed by atoms with Crippen LogP contribution >= 0.6 is 0 Å². The molecule has 5 nitrogen and oxygen atoms in total. The van der Waals surface area contributed by atoms with Crippen LogP contribution in [0.5, 0.6) is 0 Å². The van der Waals surface area contributed by atoms with Crippen molar-refractivity contribution in [3.8, 4) is 6.07 Å². The lowest BCUT2D eigenvalue weighted by Gasteiger charge is -2.25. The Morgan fingerprint density at radius 2 is 1.84 bits per heavy atom. The van der Waals surface area contributed by atoms with Crippen molar-refractivity contribution in [1.82, 2.24) is 4.90 Å². The monoisotopic (exact) mass is 435 g/mol. The van der Waals surface area contributed by atoms with Crippen molar-refractivity contribution in [2.45, 2.75) is 52.0 Å². The van der Waals surface area contributed by atoms with Crippen LogP contribution < -0.4 is 10.5 Å². The highest BCUT2D eigenvalue weighted by molar-refractivity contribution is 6.88. The first-order valence-electron chi connectivity index (χ1n) is 11.1. The van der Waals surface area contributed by atoms with Crippen LogP contribution in [0, 0.1) is 11.3 Å². The van der Waals surface area contributed by atoms with Gasteiger partial charge in [0.05, 0.1) is 26.3 Å². The number of nitrogens with one attached hydrogen (secondary N) is 1. The van der Waals surface area contributed by atoms with Crippen molar-refractivity contribution in [2.24, 2.45) is 0 Å². The smallest absolute Gasteiger partial charge is 0.333 e. The molecule has 0 aromatic heterocycles. The maximum Gasteiger partial charge on any atom is 0.333 e. The van der Waals surface area contributed by atoms with Gasteiger partial charge in [0, 0.05) is 12.2 Å². The number of hydrogen-bond donors (Lipinski definition) is 1. The van der Waals surface area contributed by atoms with Crippen molar-refractivity contribution in [3.05, 3.63) is 59.2 Å². The minimum absolute atomic E-state index is 0.285.